The Kier molecular flexibility index (Phi) is 5.64. The number of carbonyl (C=O) groups excluding carboxylic acids is 1. The molecule has 1 aliphatic carbocycles. The Morgan fingerprint density at radius 3 is 2.75 bits per heavy atom. The number of nitrogens with one attached hydrogen (secondary N) is 1. The second kappa shape index (κ2) is 7.47. The van der Waals surface area contributed by atoms with E-state index < -0.39 is 5.97 Å². The average Bonchev–Trinajstić information content (AvgIpc) is 3.22. The first kappa shape index (κ1) is 15.1. The van der Waals surface area contributed by atoms with E-state index in [1.54, 1.807) is 4.90 Å². The van der Waals surface area contributed by atoms with E-state index >= 15 is 0 Å². The van der Waals surface area contributed by atoms with Crippen LogP contribution in [0, 0.1) is 5.92 Å². The molecular weight excluding hydrogens is 260 g/mol. The van der Waals surface area contributed by atoms with Crippen LogP contribution in [0.1, 0.15) is 38.5 Å². The number of carbonyl (C=O) groups is 2. The van der Waals surface area contributed by atoms with E-state index in [1.807, 2.05) is 0 Å². The van der Waals surface area contributed by atoms with Gasteiger partial charge in [0.25, 0.3) is 0 Å². The van der Waals surface area contributed by atoms with E-state index in [1.165, 1.54) is 12.8 Å². The molecule has 0 aromatic rings. The van der Waals surface area contributed by atoms with Crippen LogP contribution in [0.3, 0.4) is 0 Å². The molecule has 2 aliphatic rings. The SMILES string of the molecule is O=C(O)CC1CCCCN1C(=O)NCCOCC1CC1. The molecule has 2 rings (SSSR count). The zero-order chi connectivity index (χ0) is 14.4. The van der Waals surface area contributed by atoms with E-state index in [4.69, 9.17) is 9.84 Å². The maximum atomic E-state index is 12.1. The molecule has 114 valence electrons. The van der Waals surface area contributed by atoms with Crippen molar-refractivity contribution in [3.05, 3.63) is 0 Å². The fourth-order valence-corrected chi connectivity index (χ4v) is 2.55. The largest absolute Gasteiger partial charge is 0.481 e. The summed E-state index contributed by atoms with van der Waals surface area (Å²) in [6, 6.07) is -0.334. The highest BCUT2D eigenvalue weighted by Crippen LogP contribution is 2.28. The third-order valence-corrected chi connectivity index (χ3v) is 3.87. The van der Waals surface area contributed by atoms with Crippen LogP contribution in [0.25, 0.3) is 0 Å². The first-order valence-corrected chi connectivity index (χ1v) is 7.51. The number of hydrogen-bond acceptors (Lipinski definition) is 3. The highest BCUT2D eigenvalue weighted by molar-refractivity contribution is 5.76. The third-order valence-electron chi connectivity index (χ3n) is 3.87. The minimum absolute atomic E-state index is 0.0333. The number of likely N-dealkylation sites (tertiary alicyclic amines) is 1. The Hall–Kier alpha value is -1.30. The molecule has 0 radical (unpaired) electrons. The van der Waals surface area contributed by atoms with Crippen LogP contribution in [-0.2, 0) is 9.53 Å². The molecule has 0 aromatic carbocycles. The summed E-state index contributed by atoms with van der Waals surface area (Å²) in [5.74, 6) is -0.116. The predicted octanol–water partition coefficient (Wildman–Crippen LogP) is 1.45. The number of hydrogen-bond donors (Lipinski definition) is 2. The Morgan fingerprint density at radius 1 is 1.25 bits per heavy atom. The maximum Gasteiger partial charge on any atom is 0.317 e. The van der Waals surface area contributed by atoms with Crippen molar-refractivity contribution in [1.82, 2.24) is 10.2 Å². The fraction of sp³-hybridized carbons (Fsp3) is 0.857. The van der Waals surface area contributed by atoms with Crippen LogP contribution in [0.15, 0.2) is 0 Å². The average molecular weight is 284 g/mol. The molecule has 2 fully saturated rings. The van der Waals surface area contributed by atoms with Gasteiger partial charge in [0, 0.05) is 25.7 Å². The number of urea groups is 1. The molecule has 1 saturated heterocycles. The molecule has 2 amide bonds. The minimum Gasteiger partial charge on any atom is -0.481 e. The topological polar surface area (TPSA) is 78.9 Å². The maximum absolute atomic E-state index is 12.1. The third kappa shape index (κ3) is 5.00. The summed E-state index contributed by atoms with van der Waals surface area (Å²) < 4.78 is 5.46. The number of piperidine rings is 1. The Balaban J connectivity index is 1.66. The molecule has 2 N–H and O–H groups in total. The summed E-state index contributed by atoms with van der Waals surface area (Å²) in [6.45, 7) is 2.45. The van der Waals surface area contributed by atoms with Gasteiger partial charge < -0.3 is 20.1 Å². The van der Waals surface area contributed by atoms with Crippen molar-refractivity contribution in [2.45, 2.75) is 44.6 Å². The highest BCUT2D eigenvalue weighted by atomic mass is 16.5. The summed E-state index contributed by atoms with van der Waals surface area (Å²) in [7, 11) is 0. The molecule has 0 bridgehead atoms. The van der Waals surface area contributed by atoms with Crippen molar-refractivity contribution >= 4 is 12.0 Å². The first-order valence-electron chi connectivity index (χ1n) is 7.51. The first-order chi connectivity index (χ1) is 9.66. The summed E-state index contributed by atoms with van der Waals surface area (Å²) >= 11 is 0. The van der Waals surface area contributed by atoms with Crippen molar-refractivity contribution in [3.8, 4) is 0 Å². The summed E-state index contributed by atoms with van der Waals surface area (Å²) in [4.78, 5) is 24.6. The minimum atomic E-state index is -0.845. The van der Waals surface area contributed by atoms with Crippen LogP contribution in [0.5, 0.6) is 0 Å². The molecule has 1 unspecified atom stereocenters. The number of carboxylic acids is 1. The molecule has 1 saturated carbocycles. The lowest BCUT2D eigenvalue weighted by Gasteiger charge is -2.34. The van der Waals surface area contributed by atoms with Crippen molar-refractivity contribution < 1.29 is 19.4 Å². The Morgan fingerprint density at radius 2 is 2.05 bits per heavy atom. The van der Waals surface area contributed by atoms with Crippen molar-refractivity contribution in [2.75, 3.05) is 26.3 Å². The normalized spacial score (nSPS) is 22.6. The lowest BCUT2D eigenvalue weighted by molar-refractivity contribution is -0.138. The quantitative estimate of drug-likeness (QED) is 0.694. The van der Waals surface area contributed by atoms with Gasteiger partial charge in [0.05, 0.1) is 13.0 Å². The van der Waals surface area contributed by atoms with Gasteiger partial charge in [-0.2, -0.15) is 0 Å². The fourth-order valence-electron chi connectivity index (χ4n) is 2.55. The summed E-state index contributed by atoms with van der Waals surface area (Å²) in [6.07, 6.45) is 5.27. The van der Waals surface area contributed by atoms with Gasteiger partial charge in [-0.25, -0.2) is 4.79 Å². The number of nitrogens with zero attached hydrogens (tertiary/aromatic N) is 1. The smallest absolute Gasteiger partial charge is 0.317 e. The van der Waals surface area contributed by atoms with Gasteiger partial charge in [-0.1, -0.05) is 0 Å². The van der Waals surface area contributed by atoms with Crippen LogP contribution >= 0.6 is 0 Å². The standard InChI is InChI=1S/C14H24N2O4/c17-13(18)9-12-3-1-2-7-16(12)14(19)15-6-8-20-10-11-4-5-11/h11-12H,1-10H2,(H,15,19)(H,17,18). The molecule has 1 atom stereocenters. The molecule has 6 nitrogen and oxygen atoms in total. The van der Waals surface area contributed by atoms with E-state index in [2.05, 4.69) is 5.32 Å². The van der Waals surface area contributed by atoms with Crippen molar-refractivity contribution in [3.63, 3.8) is 0 Å². The molecule has 0 spiro atoms. The predicted molar refractivity (Wildman–Crippen MR) is 73.5 cm³/mol. The van der Waals surface area contributed by atoms with Gasteiger partial charge in [0.15, 0.2) is 0 Å². The number of amides is 2. The number of rotatable bonds is 7. The molecule has 0 aromatic heterocycles. The van der Waals surface area contributed by atoms with E-state index in [9.17, 15) is 9.59 Å². The molecule has 20 heavy (non-hydrogen) atoms. The van der Waals surface area contributed by atoms with Gasteiger partial charge in [-0.3, -0.25) is 4.79 Å². The van der Waals surface area contributed by atoms with Crippen LogP contribution in [0.2, 0.25) is 0 Å². The van der Waals surface area contributed by atoms with E-state index in [-0.39, 0.29) is 18.5 Å². The number of carboxylic acid groups (broad SMARTS) is 1. The summed E-state index contributed by atoms with van der Waals surface area (Å²) in [5.41, 5.74) is 0. The monoisotopic (exact) mass is 284 g/mol. The van der Waals surface area contributed by atoms with Crippen LogP contribution < -0.4 is 5.32 Å². The second-order valence-corrected chi connectivity index (χ2v) is 5.69. The summed E-state index contributed by atoms with van der Waals surface area (Å²) in [5, 5.41) is 11.7. The molecule has 1 heterocycles. The second-order valence-electron chi connectivity index (χ2n) is 5.69. The van der Waals surface area contributed by atoms with E-state index in [0.717, 1.165) is 31.8 Å². The van der Waals surface area contributed by atoms with Gasteiger partial charge in [0.2, 0.25) is 0 Å². The lowest BCUT2D eigenvalue weighted by atomic mass is 10.00. The Bertz CT molecular complexity index is 344. The molecule has 6 heteroatoms. The highest BCUT2D eigenvalue weighted by Gasteiger charge is 2.28. The molecule has 1 aliphatic heterocycles. The van der Waals surface area contributed by atoms with Gasteiger partial charge in [-0.15, -0.1) is 0 Å². The molecular formula is C14H24N2O4. The Labute approximate surface area is 119 Å². The number of aliphatic carboxylic acids is 1. The van der Waals surface area contributed by atoms with Crippen LogP contribution in [0.4, 0.5) is 4.79 Å². The van der Waals surface area contributed by atoms with Crippen molar-refractivity contribution in [2.24, 2.45) is 5.92 Å². The zero-order valence-electron chi connectivity index (χ0n) is 11.8. The van der Waals surface area contributed by atoms with Gasteiger partial charge >= 0.3 is 12.0 Å². The lowest BCUT2D eigenvalue weighted by Crippen LogP contribution is -2.49. The van der Waals surface area contributed by atoms with Crippen molar-refractivity contribution in [1.29, 1.82) is 0 Å². The van der Waals surface area contributed by atoms with Crippen LogP contribution in [-0.4, -0.2) is 54.4 Å². The zero-order valence-corrected chi connectivity index (χ0v) is 11.8. The van der Waals surface area contributed by atoms with Gasteiger partial charge in [-0.05, 0) is 38.0 Å². The van der Waals surface area contributed by atoms with Gasteiger partial charge in [0.1, 0.15) is 0 Å². The van der Waals surface area contributed by atoms with E-state index in [0.29, 0.717) is 19.7 Å². The number of ether oxygens (including phenoxy) is 1.